The number of terminal acetylenes is 2. The fourth-order valence-corrected chi connectivity index (χ4v) is 26.8. The smallest absolute Gasteiger partial charge is 0.434 e. The van der Waals surface area contributed by atoms with Gasteiger partial charge in [0.25, 0.3) is 0 Å². The van der Waals surface area contributed by atoms with Crippen LogP contribution in [0.1, 0.15) is 205 Å². The van der Waals surface area contributed by atoms with E-state index < -0.39 is 91.5 Å². The number of nitrogen functional groups attached to an aromatic ring is 2. The Kier molecular flexibility index (Phi) is 15.4. The van der Waals surface area contributed by atoms with Gasteiger partial charge in [0, 0.05) is 24.7 Å². The van der Waals surface area contributed by atoms with Crippen LogP contribution in [0.15, 0.2) is 12.7 Å². The summed E-state index contributed by atoms with van der Waals surface area (Å²) in [4.78, 5) is 69.1. The van der Waals surface area contributed by atoms with Crippen LogP contribution in [0.5, 0.6) is 0 Å². The third-order valence-electron chi connectivity index (χ3n) is 28.6. The third-order valence-corrected chi connectivity index (χ3v) is 28.6. The molecule has 98 heavy (non-hydrogen) atoms. The highest BCUT2D eigenvalue weighted by molar-refractivity contribution is 5.82. The number of anilines is 2. The van der Waals surface area contributed by atoms with Gasteiger partial charge < -0.3 is 49.4 Å². The predicted molar refractivity (Wildman–Crippen MR) is 350 cm³/mol. The number of carbonyl (C=O) groups excluding carboxylic acids is 3. The lowest BCUT2D eigenvalue weighted by atomic mass is 9.48. The standard InChI is InChI=1S/C75H94F2N10O11/c1-3-74(37-93-67(88)91-7-5-70-23-41-9-42(24-70)11-43(10-41)25-70)53(21-57(97-74)86-39-80-59-61(78)82-65(76)84-63(59)86)55(35-72-29-47-15-48(30-72)17-49(16-47)31-72)95-69(90)96-56(36-73-32-50-18-51(33-73)20-52(19-50)34-73)54-22-58(87-40-81-60-62(79)83-66(77)85-64(60)87)98-75(54,4-2)38-94-68(89)92-8-6-71-26-44-12-45(27-71)14-46(13-44)28-71/h1-2,39-58H,5-38H2,(H2,78,82,84)(H2,79,83,85)/t41?,42?,43?,44?,45?,46?,47?,48?,49?,50?,51?,52?,53-,54-,55?,56?,57+,58+,70?,71?,72?,73?,74+,75+/m0/s1. The van der Waals surface area contributed by atoms with Crippen molar-refractivity contribution in [3.63, 3.8) is 0 Å². The summed E-state index contributed by atoms with van der Waals surface area (Å²) in [6.45, 7) is -0.532. The molecule has 4 N–H and O–H groups in total. The molecule has 4 aromatic rings. The Morgan fingerprint density at radius 1 is 0.469 bits per heavy atom. The summed E-state index contributed by atoms with van der Waals surface area (Å²) in [5.74, 6) is 11.3. The zero-order valence-electron chi connectivity index (χ0n) is 56.2. The molecule has 6 heterocycles. The van der Waals surface area contributed by atoms with Gasteiger partial charge in [-0.05, 0) is 272 Å². The summed E-state index contributed by atoms with van der Waals surface area (Å²) >= 11 is 0. The van der Waals surface area contributed by atoms with Gasteiger partial charge in [0.2, 0.25) is 0 Å². The van der Waals surface area contributed by atoms with E-state index in [-0.39, 0.29) is 81.7 Å². The quantitative estimate of drug-likeness (QED) is 0.0360. The number of hydrogen-bond acceptors (Lipinski definition) is 19. The molecule has 22 rings (SSSR count). The van der Waals surface area contributed by atoms with E-state index in [0.717, 1.165) is 164 Å². The van der Waals surface area contributed by atoms with Crippen molar-refractivity contribution in [3.05, 3.63) is 24.8 Å². The number of hydrogen-bond donors (Lipinski definition) is 2. The van der Waals surface area contributed by atoms with E-state index >= 15 is 13.6 Å². The second kappa shape index (κ2) is 23.8. The van der Waals surface area contributed by atoms with Crippen molar-refractivity contribution < 1.29 is 61.1 Å². The molecule has 21 nitrogen and oxygen atoms in total. The van der Waals surface area contributed by atoms with Gasteiger partial charge in [-0.1, -0.05) is 11.8 Å². The fourth-order valence-electron chi connectivity index (χ4n) is 26.8. The molecule has 2 aliphatic heterocycles. The van der Waals surface area contributed by atoms with E-state index in [1.807, 2.05) is 0 Å². The van der Waals surface area contributed by atoms with E-state index in [1.165, 1.54) is 51.2 Å². The van der Waals surface area contributed by atoms with Crippen LogP contribution in [0.2, 0.25) is 0 Å². The molecule has 16 saturated carbocycles. The third kappa shape index (κ3) is 11.4. The van der Waals surface area contributed by atoms with E-state index in [4.69, 9.17) is 62.2 Å². The Bertz CT molecular complexity index is 3520. The summed E-state index contributed by atoms with van der Waals surface area (Å²) in [6.07, 6.45) is 37.5. The van der Waals surface area contributed by atoms with E-state index in [2.05, 4.69) is 41.7 Å². The largest absolute Gasteiger partial charge is 0.508 e. The Hall–Kier alpha value is -6.59. The van der Waals surface area contributed by atoms with Crippen LogP contribution >= 0.6 is 0 Å². The van der Waals surface area contributed by atoms with Crippen LogP contribution in [0.25, 0.3) is 22.3 Å². The van der Waals surface area contributed by atoms with Crippen molar-refractivity contribution in [3.8, 4) is 24.7 Å². The molecule has 18 fully saturated rings. The first kappa shape index (κ1) is 63.6. The fraction of sp³-hybridized carbons (Fsp3) is 0.773. The van der Waals surface area contributed by atoms with Crippen LogP contribution in [0.3, 0.4) is 0 Å². The number of halogens is 2. The first-order valence-electron chi connectivity index (χ1n) is 37.4. The van der Waals surface area contributed by atoms with Gasteiger partial charge in [0.15, 0.2) is 45.2 Å². The maximum Gasteiger partial charge on any atom is 0.508 e. The highest BCUT2D eigenvalue weighted by Gasteiger charge is 2.62. The number of carbonyl (C=O) groups is 3. The zero-order valence-corrected chi connectivity index (χ0v) is 56.2. The summed E-state index contributed by atoms with van der Waals surface area (Å²) < 4.78 is 86.2. The maximum absolute atomic E-state index is 16.1. The second-order valence-corrected chi connectivity index (χ2v) is 35.2. The van der Waals surface area contributed by atoms with Gasteiger partial charge in [-0.25, -0.2) is 24.4 Å². The van der Waals surface area contributed by atoms with Crippen molar-refractivity contribution in [1.29, 1.82) is 0 Å². The van der Waals surface area contributed by atoms with Gasteiger partial charge >= 0.3 is 30.6 Å². The summed E-state index contributed by atoms with van der Waals surface area (Å²) in [5.41, 5.74) is 9.24. The number of nitrogens with two attached hydrogens (primary N) is 2. The van der Waals surface area contributed by atoms with Gasteiger partial charge in [0.05, 0.1) is 25.9 Å². The number of nitrogens with zero attached hydrogens (tertiary/aromatic N) is 8. The first-order valence-corrected chi connectivity index (χ1v) is 37.4. The van der Waals surface area contributed by atoms with Gasteiger partial charge in [-0.15, -0.1) is 12.8 Å². The topological polar surface area (TPSA) is 264 Å². The molecule has 2 unspecified atom stereocenters. The molecule has 2 saturated heterocycles. The molecule has 8 atom stereocenters. The minimum atomic E-state index is -1.77. The second-order valence-electron chi connectivity index (χ2n) is 35.2. The zero-order chi connectivity index (χ0) is 66.7. The lowest BCUT2D eigenvalue weighted by Crippen LogP contribution is -2.53. The van der Waals surface area contributed by atoms with Crippen LogP contribution in [0, 0.1) is 141 Å². The first-order chi connectivity index (χ1) is 47.3. The SMILES string of the molecule is C#C[C@]1(COC(=O)OCCC23CC4CC(CC(C4)C2)C3)O[C@@H](n2cnc3c(N)nc(F)nc32)C[C@H]1C(CC12CC3CC(CC(C3)C1)C2)OC(=O)OC(CC12CC3CC(CC(C3)C1)C2)[C@@H]1C[C@H](n2cnc3c(N)nc(F)nc32)O[C@]1(C#C)COC(=O)OCCC12CC3CC(CC(C3)C1)C2. The molecule has 18 aliphatic rings. The minimum Gasteiger partial charge on any atom is -0.434 e. The molecule has 524 valence electrons. The number of rotatable bonds is 20. The number of imidazole rings is 2. The Morgan fingerprint density at radius 3 is 1.08 bits per heavy atom. The molecule has 16 aliphatic carbocycles. The van der Waals surface area contributed by atoms with Crippen molar-refractivity contribution in [2.45, 2.75) is 228 Å². The molecule has 23 heteroatoms. The average Bonchev–Trinajstić information content (AvgIpc) is 1.13. The van der Waals surface area contributed by atoms with Crippen LogP contribution < -0.4 is 11.5 Å². The molecule has 0 amide bonds. The molecule has 0 radical (unpaired) electrons. The predicted octanol–water partition coefficient (Wildman–Crippen LogP) is 13.5. The Morgan fingerprint density at radius 2 is 0.776 bits per heavy atom. The molecule has 0 spiro atoms. The average molecular weight is 1350 g/mol. The molecule has 4 aromatic heterocycles. The normalized spacial score (nSPS) is 42.1. The van der Waals surface area contributed by atoms with Crippen molar-refractivity contribution in [2.75, 3.05) is 37.9 Å². The lowest BCUT2D eigenvalue weighted by molar-refractivity contribution is -0.138. The maximum atomic E-state index is 16.1. The van der Waals surface area contributed by atoms with E-state index in [1.54, 1.807) is 9.13 Å². The number of fused-ring (bicyclic) bond motifs is 2. The van der Waals surface area contributed by atoms with Crippen LogP contribution in [-0.2, 0) is 37.9 Å². The molecular formula is C75H94F2N10O11. The highest BCUT2D eigenvalue weighted by Crippen LogP contribution is 2.67. The van der Waals surface area contributed by atoms with E-state index in [9.17, 15) is 9.59 Å². The van der Waals surface area contributed by atoms with Crippen LogP contribution in [-0.4, -0.2) is 107 Å². The lowest BCUT2D eigenvalue weighted by Gasteiger charge is -2.58. The van der Waals surface area contributed by atoms with Gasteiger partial charge in [-0.3, -0.25) is 9.13 Å². The number of ether oxygens (including phenoxy) is 8. The Labute approximate surface area is 570 Å². The van der Waals surface area contributed by atoms with Crippen molar-refractivity contribution in [2.24, 2.45) is 105 Å². The Balaban J connectivity index is 0.674. The van der Waals surface area contributed by atoms with Crippen molar-refractivity contribution >= 4 is 52.4 Å². The van der Waals surface area contributed by atoms with Crippen LogP contribution in [0.4, 0.5) is 34.8 Å². The van der Waals surface area contributed by atoms with Crippen molar-refractivity contribution in [1.82, 2.24) is 39.0 Å². The minimum absolute atomic E-state index is 0.0654. The summed E-state index contributed by atoms with van der Waals surface area (Å²) in [7, 11) is 0. The monoisotopic (exact) mass is 1350 g/mol. The number of aromatic nitrogens is 8. The van der Waals surface area contributed by atoms with E-state index in [0.29, 0.717) is 48.3 Å². The molecular weight excluding hydrogens is 1250 g/mol. The molecule has 0 aromatic carbocycles. The van der Waals surface area contributed by atoms with Gasteiger partial charge in [0.1, 0.15) is 37.9 Å². The summed E-state index contributed by atoms with van der Waals surface area (Å²) in [6, 6.07) is 0. The van der Waals surface area contributed by atoms with Gasteiger partial charge in [-0.2, -0.15) is 28.7 Å². The molecule has 16 bridgehead atoms. The summed E-state index contributed by atoms with van der Waals surface area (Å²) in [5, 5.41) is 0. The highest BCUT2D eigenvalue weighted by atomic mass is 19.1.